The predicted octanol–water partition coefficient (Wildman–Crippen LogP) is 3.46. The van der Waals surface area contributed by atoms with Gasteiger partial charge in [-0.05, 0) is 35.9 Å². The molecular formula is C26H24N6O5. The summed E-state index contributed by atoms with van der Waals surface area (Å²) < 4.78 is 10.6. The summed E-state index contributed by atoms with van der Waals surface area (Å²) in [5.41, 5.74) is 8.59. The number of aliphatic hydroxyl groups is 1. The smallest absolute Gasteiger partial charge is 0.414 e. The van der Waals surface area contributed by atoms with Crippen molar-refractivity contribution in [2.75, 3.05) is 18.2 Å². The second kappa shape index (κ2) is 9.91. The molecule has 5 rings (SSSR count). The fraction of sp³-hybridized carbons (Fsp3) is 0.115. The number of nitrogen functional groups attached to an aromatic ring is 1. The summed E-state index contributed by atoms with van der Waals surface area (Å²) in [6.07, 6.45) is -2.49. The molecule has 0 aliphatic heterocycles. The van der Waals surface area contributed by atoms with E-state index in [-0.39, 0.29) is 11.8 Å². The molecule has 0 aliphatic carbocycles. The number of aromatic amines is 2. The Morgan fingerprint density at radius 2 is 1.81 bits per heavy atom. The zero-order valence-electron chi connectivity index (χ0n) is 19.7. The van der Waals surface area contributed by atoms with Crippen LogP contribution in [-0.2, 0) is 4.79 Å². The molecule has 0 saturated carbocycles. The van der Waals surface area contributed by atoms with Crippen LogP contribution in [0.5, 0.6) is 11.6 Å². The van der Waals surface area contributed by atoms with E-state index in [1.807, 2.05) is 6.07 Å². The van der Waals surface area contributed by atoms with Gasteiger partial charge >= 0.3 is 6.09 Å². The summed E-state index contributed by atoms with van der Waals surface area (Å²) >= 11 is 0. The van der Waals surface area contributed by atoms with E-state index in [1.165, 1.54) is 0 Å². The fourth-order valence-corrected chi connectivity index (χ4v) is 4.00. The number of rotatable bonds is 7. The lowest BCUT2D eigenvalue weighted by atomic mass is 10.0. The standard InChI is InChI=1S/C26H24N6O5/c1-36-17-9-7-15-11-21(29-19(15)13-17)37-26(35)32-22(14-5-3-2-4-6-14)23(33)24(34)28-16-8-10-18-20(12-16)31-25(27)30-18/h2-13,22-23,29,33H,1H3,(H,28,34)(H,32,35)(H3,27,30,31). The molecule has 11 heteroatoms. The topological polar surface area (TPSA) is 167 Å². The lowest BCUT2D eigenvalue weighted by Crippen LogP contribution is -2.43. The lowest BCUT2D eigenvalue weighted by molar-refractivity contribution is -0.125. The molecule has 188 valence electrons. The van der Waals surface area contributed by atoms with Crippen LogP contribution in [0.25, 0.3) is 21.9 Å². The highest BCUT2D eigenvalue weighted by molar-refractivity contribution is 5.96. The SMILES string of the molecule is COc1ccc2cc(OC(=O)NC(c3ccccc3)C(O)C(=O)Nc3ccc4nc(N)[nH]c4c3)[nH]c2c1. The zero-order valence-corrected chi connectivity index (χ0v) is 19.7. The molecule has 3 aromatic carbocycles. The van der Waals surface area contributed by atoms with Crippen molar-refractivity contribution in [2.45, 2.75) is 12.1 Å². The highest BCUT2D eigenvalue weighted by atomic mass is 16.6. The zero-order chi connectivity index (χ0) is 25.9. The lowest BCUT2D eigenvalue weighted by Gasteiger charge is -2.23. The number of anilines is 2. The van der Waals surface area contributed by atoms with Crippen LogP contribution in [0, 0.1) is 0 Å². The van der Waals surface area contributed by atoms with Crippen molar-refractivity contribution >= 4 is 45.6 Å². The molecule has 0 spiro atoms. The van der Waals surface area contributed by atoms with Gasteiger partial charge in [0, 0.05) is 23.2 Å². The van der Waals surface area contributed by atoms with Crippen molar-refractivity contribution in [1.29, 1.82) is 0 Å². The van der Waals surface area contributed by atoms with Gasteiger partial charge in [0.25, 0.3) is 5.91 Å². The Balaban J connectivity index is 1.32. The number of carbonyl (C=O) groups is 2. The number of imidazole rings is 1. The maximum Gasteiger partial charge on any atom is 0.414 e. The number of fused-ring (bicyclic) bond motifs is 2. The number of carbonyl (C=O) groups excluding carboxylic acids is 2. The van der Waals surface area contributed by atoms with Gasteiger partial charge in [-0.3, -0.25) is 4.79 Å². The number of H-pyrrole nitrogens is 2. The summed E-state index contributed by atoms with van der Waals surface area (Å²) in [6.45, 7) is 0. The average molecular weight is 501 g/mol. The Bertz CT molecular complexity index is 1580. The van der Waals surface area contributed by atoms with Crippen molar-refractivity contribution in [2.24, 2.45) is 0 Å². The molecule has 2 atom stereocenters. The van der Waals surface area contributed by atoms with Gasteiger partial charge in [-0.25, -0.2) is 9.78 Å². The van der Waals surface area contributed by atoms with Crippen LogP contribution in [0.3, 0.4) is 0 Å². The van der Waals surface area contributed by atoms with E-state index >= 15 is 0 Å². The third kappa shape index (κ3) is 5.16. The van der Waals surface area contributed by atoms with Crippen molar-refractivity contribution in [3.63, 3.8) is 0 Å². The molecule has 2 heterocycles. The first kappa shape index (κ1) is 23.7. The maximum absolute atomic E-state index is 13.0. The number of ether oxygens (including phenoxy) is 2. The minimum Gasteiger partial charge on any atom is -0.497 e. The van der Waals surface area contributed by atoms with E-state index in [4.69, 9.17) is 15.2 Å². The quantitative estimate of drug-likeness (QED) is 0.199. The minimum absolute atomic E-state index is 0.193. The third-order valence-corrected chi connectivity index (χ3v) is 5.79. The Morgan fingerprint density at radius 3 is 2.59 bits per heavy atom. The molecule has 2 aromatic heterocycles. The van der Waals surface area contributed by atoms with Crippen LogP contribution >= 0.6 is 0 Å². The van der Waals surface area contributed by atoms with Crippen LogP contribution in [-0.4, -0.2) is 45.3 Å². The first-order valence-electron chi connectivity index (χ1n) is 11.3. The van der Waals surface area contributed by atoms with Gasteiger partial charge in [0.05, 0.1) is 29.7 Å². The molecule has 37 heavy (non-hydrogen) atoms. The van der Waals surface area contributed by atoms with Crippen LogP contribution in [0.4, 0.5) is 16.4 Å². The van der Waals surface area contributed by atoms with Gasteiger partial charge in [-0.15, -0.1) is 0 Å². The number of nitrogens with zero attached hydrogens (tertiary/aromatic N) is 1. The number of aromatic nitrogens is 3. The van der Waals surface area contributed by atoms with E-state index in [0.29, 0.717) is 28.0 Å². The van der Waals surface area contributed by atoms with Gasteiger partial charge in [-0.1, -0.05) is 30.3 Å². The first-order chi connectivity index (χ1) is 17.9. The predicted molar refractivity (Wildman–Crippen MR) is 138 cm³/mol. The van der Waals surface area contributed by atoms with Gasteiger partial charge in [0.15, 0.2) is 12.1 Å². The van der Waals surface area contributed by atoms with Crippen LogP contribution in [0.2, 0.25) is 0 Å². The Kier molecular flexibility index (Phi) is 6.35. The van der Waals surface area contributed by atoms with Crippen LogP contribution in [0.15, 0.2) is 72.8 Å². The van der Waals surface area contributed by atoms with E-state index in [1.54, 1.807) is 73.8 Å². The molecule has 0 saturated heterocycles. The Labute approximate surface area is 210 Å². The minimum atomic E-state index is -1.63. The summed E-state index contributed by atoms with van der Waals surface area (Å²) in [4.78, 5) is 35.7. The fourth-order valence-electron chi connectivity index (χ4n) is 4.00. The summed E-state index contributed by atoms with van der Waals surface area (Å²) in [7, 11) is 1.56. The van der Waals surface area contributed by atoms with Crippen LogP contribution in [0.1, 0.15) is 11.6 Å². The van der Waals surface area contributed by atoms with E-state index in [0.717, 1.165) is 10.9 Å². The Hall–Kier alpha value is -5.03. The number of hydrogen-bond donors (Lipinski definition) is 6. The third-order valence-electron chi connectivity index (χ3n) is 5.79. The number of benzene rings is 3. The molecule has 0 aliphatic rings. The monoisotopic (exact) mass is 500 g/mol. The summed E-state index contributed by atoms with van der Waals surface area (Å²) in [6, 6.07) is 19.6. The second-order valence-corrected chi connectivity index (χ2v) is 8.30. The highest BCUT2D eigenvalue weighted by Crippen LogP contribution is 2.25. The van der Waals surface area contributed by atoms with E-state index < -0.39 is 24.1 Å². The molecule has 0 bridgehead atoms. The Morgan fingerprint density at radius 1 is 1.00 bits per heavy atom. The van der Waals surface area contributed by atoms with E-state index in [9.17, 15) is 14.7 Å². The normalized spacial score (nSPS) is 12.7. The molecule has 7 N–H and O–H groups in total. The molecule has 11 nitrogen and oxygen atoms in total. The number of aliphatic hydroxyl groups excluding tert-OH is 1. The number of hydrogen-bond acceptors (Lipinski definition) is 7. The molecule has 2 amide bonds. The summed E-state index contributed by atoms with van der Waals surface area (Å²) in [5, 5.41) is 17.0. The first-order valence-corrected chi connectivity index (χ1v) is 11.3. The van der Waals surface area contributed by atoms with Gasteiger partial charge < -0.3 is 40.9 Å². The number of amides is 2. The molecule has 0 fully saturated rings. The van der Waals surface area contributed by atoms with Gasteiger partial charge in [-0.2, -0.15) is 0 Å². The highest BCUT2D eigenvalue weighted by Gasteiger charge is 2.30. The number of nitrogens with two attached hydrogens (primary N) is 1. The number of nitrogens with one attached hydrogen (secondary N) is 4. The van der Waals surface area contributed by atoms with Crippen molar-refractivity contribution in [3.05, 3.63) is 78.4 Å². The number of methoxy groups -OCH3 is 1. The van der Waals surface area contributed by atoms with Gasteiger partial charge in [0.1, 0.15) is 5.75 Å². The summed E-state index contributed by atoms with van der Waals surface area (Å²) in [5.74, 6) is 0.371. The van der Waals surface area contributed by atoms with Crippen molar-refractivity contribution < 1.29 is 24.2 Å². The largest absolute Gasteiger partial charge is 0.497 e. The molecular weight excluding hydrogens is 476 g/mol. The second-order valence-electron chi connectivity index (χ2n) is 8.30. The maximum atomic E-state index is 13.0. The average Bonchev–Trinajstić information content (AvgIpc) is 3.47. The van der Waals surface area contributed by atoms with Crippen LogP contribution < -0.4 is 25.8 Å². The molecule has 0 radical (unpaired) electrons. The van der Waals surface area contributed by atoms with E-state index in [2.05, 4.69) is 25.6 Å². The molecule has 2 unspecified atom stereocenters. The van der Waals surface area contributed by atoms with Crippen molar-refractivity contribution in [1.82, 2.24) is 20.3 Å². The van der Waals surface area contributed by atoms with Crippen molar-refractivity contribution in [3.8, 4) is 11.6 Å². The molecule has 5 aromatic rings. The van der Waals surface area contributed by atoms with Gasteiger partial charge in [0.2, 0.25) is 5.88 Å².